The Labute approximate surface area is 181 Å². The molecule has 1 fully saturated rings. The van der Waals surface area contributed by atoms with Crippen molar-refractivity contribution in [3.8, 4) is 0 Å². The van der Waals surface area contributed by atoms with Gasteiger partial charge in [-0.15, -0.1) is 0 Å². The average Bonchev–Trinajstić information content (AvgIpc) is 3.22. The minimum absolute atomic E-state index is 0.187. The van der Waals surface area contributed by atoms with Crippen LogP contribution in [-0.2, 0) is 20.8 Å². The van der Waals surface area contributed by atoms with Gasteiger partial charge in [0, 0.05) is 13.1 Å². The minimum Gasteiger partial charge on any atom is -0.480 e. The molecule has 0 radical (unpaired) electrons. The first kappa shape index (κ1) is 24.1. The van der Waals surface area contributed by atoms with Crippen molar-refractivity contribution in [1.82, 2.24) is 15.5 Å². The number of nitrogens with zero attached hydrogens (tertiary/aromatic N) is 1. The van der Waals surface area contributed by atoms with Gasteiger partial charge in [-0.1, -0.05) is 30.3 Å². The molecule has 0 spiro atoms. The molecule has 0 aliphatic carbocycles. The van der Waals surface area contributed by atoms with Gasteiger partial charge >= 0.3 is 11.9 Å². The third-order valence-electron chi connectivity index (χ3n) is 5.37. The van der Waals surface area contributed by atoms with Crippen LogP contribution in [0.25, 0.3) is 0 Å². The van der Waals surface area contributed by atoms with Crippen molar-refractivity contribution in [1.29, 1.82) is 5.41 Å². The zero-order valence-electron chi connectivity index (χ0n) is 17.4. The van der Waals surface area contributed by atoms with Crippen LogP contribution in [0.3, 0.4) is 0 Å². The second-order valence-electron chi connectivity index (χ2n) is 7.64. The minimum atomic E-state index is -1.06. The van der Waals surface area contributed by atoms with E-state index >= 15 is 0 Å². The normalized spacial score (nSPS) is 17.7. The SMILES string of the molecule is N=C(N)NCCC[C@H](NC(CCc1ccccc1)C(=O)O)C(=O)N1CCC[C@H]1C(=O)O. The zero-order valence-corrected chi connectivity index (χ0v) is 17.4. The van der Waals surface area contributed by atoms with Gasteiger partial charge in [0.05, 0.1) is 6.04 Å². The predicted molar refractivity (Wildman–Crippen MR) is 115 cm³/mol. The van der Waals surface area contributed by atoms with Gasteiger partial charge in [0.15, 0.2) is 5.96 Å². The highest BCUT2D eigenvalue weighted by molar-refractivity contribution is 5.88. The van der Waals surface area contributed by atoms with Crippen molar-refractivity contribution >= 4 is 23.8 Å². The fraction of sp³-hybridized carbons (Fsp3) is 0.524. The molecule has 1 amide bonds. The van der Waals surface area contributed by atoms with Gasteiger partial charge in [0.2, 0.25) is 5.91 Å². The number of benzene rings is 1. The molecule has 0 saturated carbocycles. The number of likely N-dealkylation sites (tertiary alicyclic amines) is 1. The second-order valence-corrected chi connectivity index (χ2v) is 7.64. The molecule has 7 N–H and O–H groups in total. The molecule has 0 bridgehead atoms. The molecule has 10 nitrogen and oxygen atoms in total. The van der Waals surface area contributed by atoms with Crippen LogP contribution >= 0.6 is 0 Å². The van der Waals surface area contributed by atoms with E-state index in [0.717, 1.165) is 5.56 Å². The summed E-state index contributed by atoms with van der Waals surface area (Å²) in [5, 5.41) is 31.9. The van der Waals surface area contributed by atoms with Gasteiger partial charge in [-0.2, -0.15) is 0 Å². The number of guanidine groups is 1. The molecule has 1 saturated heterocycles. The first-order valence-electron chi connectivity index (χ1n) is 10.4. The number of carboxylic acids is 2. The average molecular weight is 434 g/mol. The van der Waals surface area contributed by atoms with Crippen LogP contribution in [-0.4, -0.2) is 70.1 Å². The number of aryl methyl sites for hydroxylation is 1. The molecule has 1 unspecified atom stereocenters. The number of nitrogens with two attached hydrogens (primary N) is 1. The number of nitrogens with one attached hydrogen (secondary N) is 3. The number of carbonyl (C=O) groups is 3. The highest BCUT2D eigenvalue weighted by Crippen LogP contribution is 2.20. The molecule has 3 atom stereocenters. The molecule has 0 aromatic heterocycles. The van der Waals surface area contributed by atoms with E-state index in [9.17, 15) is 24.6 Å². The van der Waals surface area contributed by atoms with Gasteiger partial charge < -0.3 is 26.2 Å². The van der Waals surface area contributed by atoms with Crippen molar-refractivity contribution in [2.24, 2.45) is 5.73 Å². The van der Waals surface area contributed by atoms with Gasteiger partial charge in [-0.25, -0.2) is 4.79 Å². The van der Waals surface area contributed by atoms with Gasteiger partial charge in [-0.05, 0) is 44.1 Å². The Balaban J connectivity index is 2.08. The lowest BCUT2D eigenvalue weighted by Gasteiger charge is -2.29. The van der Waals surface area contributed by atoms with E-state index in [0.29, 0.717) is 38.8 Å². The van der Waals surface area contributed by atoms with E-state index in [1.807, 2.05) is 30.3 Å². The van der Waals surface area contributed by atoms with E-state index in [1.165, 1.54) is 4.90 Å². The highest BCUT2D eigenvalue weighted by Gasteiger charge is 2.38. The standard InChI is InChI=1S/C21H31N5O5/c22-21(23)24-12-4-8-15(18(27)26-13-5-9-17(26)20(30)31)25-16(19(28)29)11-10-14-6-2-1-3-7-14/h1-3,6-7,15-17,25H,4-5,8-13H2,(H,28,29)(H,30,31)(H4,22,23,24)/t15-,16?,17-/m0/s1. The fourth-order valence-corrected chi connectivity index (χ4v) is 3.77. The van der Waals surface area contributed by atoms with Crippen molar-refractivity contribution in [2.75, 3.05) is 13.1 Å². The van der Waals surface area contributed by atoms with Crippen molar-refractivity contribution in [3.63, 3.8) is 0 Å². The predicted octanol–water partition coefficient (Wildman–Crippen LogP) is 0.369. The molecule has 31 heavy (non-hydrogen) atoms. The van der Waals surface area contributed by atoms with E-state index in [-0.39, 0.29) is 18.8 Å². The third kappa shape index (κ3) is 7.56. The zero-order chi connectivity index (χ0) is 22.8. The molecular formula is C21H31N5O5. The molecule has 1 aromatic carbocycles. The molecule has 1 aliphatic heterocycles. The van der Waals surface area contributed by atoms with Crippen LogP contribution in [0.15, 0.2) is 30.3 Å². The lowest BCUT2D eigenvalue weighted by molar-refractivity contribution is -0.149. The highest BCUT2D eigenvalue weighted by atomic mass is 16.4. The quantitative estimate of drug-likeness (QED) is 0.156. The van der Waals surface area contributed by atoms with Crippen LogP contribution in [0.5, 0.6) is 0 Å². The fourth-order valence-electron chi connectivity index (χ4n) is 3.77. The number of hydrogen-bond acceptors (Lipinski definition) is 5. The summed E-state index contributed by atoms with van der Waals surface area (Å²) >= 11 is 0. The van der Waals surface area contributed by atoms with Crippen LogP contribution in [0.4, 0.5) is 0 Å². The maximum atomic E-state index is 13.1. The Bertz CT molecular complexity index is 773. The van der Waals surface area contributed by atoms with E-state index < -0.39 is 36.0 Å². The summed E-state index contributed by atoms with van der Waals surface area (Å²) in [7, 11) is 0. The number of aliphatic carboxylic acids is 2. The molecular weight excluding hydrogens is 402 g/mol. The third-order valence-corrected chi connectivity index (χ3v) is 5.37. The first-order valence-corrected chi connectivity index (χ1v) is 10.4. The number of rotatable bonds is 12. The van der Waals surface area contributed by atoms with Gasteiger partial charge in [-0.3, -0.25) is 20.3 Å². The molecule has 2 rings (SSSR count). The Hall–Kier alpha value is -3.14. The maximum absolute atomic E-state index is 13.1. The molecule has 1 aromatic rings. The Morgan fingerprint density at radius 3 is 2.48 bits per heavy atom. The van der Waals surface area contributed by atoms with Crippen molar-refractivity contribution in [3.05, 3.63) is 35.9 Å². The van der Waals surface area contributed by atoms with E-state index in [1.54, 1.807) is 0 Å². The Kier molecular flexibility index (Phi) is 9.26. The summed E-state index contributed by atoms with van der Waals surface area (Å²) < 4.78 is 0. The van der Waals surface area contributed by atoms with Crippen molar-refractivity contribution < 1.29 is 24.6 Å². The van der Waals surface area contributed by atoms with E-state index in [4.69, 9.17) is 11.1 Å². The maximum Gasteiger partial charge on any atom is 0.326 e. The summed E-state index contributed by atoms with van der Waals surface area (Å²) in [6.07, 6.45) is 2.54. The number of hydrogen-bond donors (Lipinski definition) is 6. The lowest BCUT2D eigenvalue weighted by atomic mass is 10.0. The molecule has 1 heterocycles. The summed E-state index contributed by atoms with van der Waals surface area (Å²) in [6.45, 7) is 0.687. The number of amides is 1. The topological polar surface area (TPSA) is 169 Å². The molecule has 1 aliphatic rings. The van der Waals surface area contributed by atoms with Crippen LogP contribution < -0.4 is 16.4 Å². The molecule has 170 valence electrons. The number of carbonyl (C=O) groups excluding carboxylic acids is 1. The van der Waals surface area contributed by atoms with Crippen LogP contribution in [0, 0.1) is 5.41 Å². The lowest BCUT2D eigenvalue weighted by Crippen LogP contribution is -2.54. The summed E-state index contributed by atoms with van der Waals surface area (Å²) in [4.78, 5) is 37.8. The number of carboxylic acid groups (broad SMARTS) is 2. The van der Waals surface area contributed by atoms with Gasteiger partial charge in [0.25, 0.3) is 0 Å². The Morgan fingerprint density at radius 1 is 1.16 bits per heavy atom. The Morgan fingerprint density at radius 2 is 1.87 bits per heavy atom. The second kappa shape index (κ2) is 11.9. The summed E-state index contributed by atoms with van der Waals surface area (Å²) in [5.74, 6) is -2.71. The molecule has 10 heteroatoms. The monoisotopic (exact) mass is 433 g/mol. The summed E-state index contributed by atoms with van der Waals surface area (Å²) in [5.41, 5.74) is 6.27. The summed E-state index contributed by atoms with van der Waals surface area (Å²) in [6, 6.07) is 6.78. The van der Waals surface area contributed by atoms with Crippen molar-refractivity contribution in [2.45, 2.75) is 56.7 Å². The smallest absolute Gasteiger partial charge is 0.326 e. The van der Waals surface area contributed by atoms with Gasteiger partial charge in [0.1, 0.15) is 12.1 Å². The largest absolute Gasteiger partial charge is 0.480 e. The van der Waals surface area contributed by atoms with Crippen LogP contribution in [0.2, 0.25) is 0 Å². The first-order chi connectivity index (χ1) is 14.8. The van der Waals surface area contributed by atoms with Crippen LogP contribution in [0.1, 0.15) is 37.7 Å². The van der Waals surface area contributed by atoms with E-state index in [2.05, 4.69) is 10.6 Å².